The monoisotopic (exact) mass is 412 g/mol. The topological polar surface area (TPSA) is 51.7 Å². The molecule has 140 valence electrons. The number of carbonyl (C=O) groups is 1. The Morgan fingerprint density at radius 2 is 2.16 bits per heavy atom. The number of nitrogens with zero attached hydrogens (tertiary/aromatic N) is 2. The Hall–Kier alpha value is -1.14. The van der Waals surface area contributed by atoms with Crippen molar-refractivity contribution >= 4 is 22.0 Å². The average Bonchev–Trinajstić information content (AvgIpc) is 2.55. The molecule has 2 heterocycles. The number of rotatable bonds is 6. The van der Waals surface area contributed by atoms with E-state index in [9.17, 15) is 4.79 Å². The molecule has 1 aromatic heterocycles. The quantitative estimate of drug-likeness (QED) is 0.490. The van der Waals surface area contributed by atoms with E-state index in [1.54, 1.807) is 0 Å². The molecule has 0 radical (unpaired) electrons. The number of ether oxygens (including phenoxy) is 2. The Labute approximate surface area is 159 Å². The minimum atomic E-state index is -0.444. The van der Waals surface area contributed by atoms with Gasteiger partial charge in [0.25, 0.3) is 0 Å². The molecular weight excluding hydrogens is 384 g/mol. The fourth-order valence-corrected chi connectivity index (χ4v) is 3.20. The zero-order valence-electron chi connectivity index (χ0n) is 15.5. The summed E-state index contributed by atoms with van der Waals surface area (Å²) >= 11 is 3.32. The molecule has 1 aromatic rings. The number of pyridine rings is 1. The molecule has 1 aliphatic rings. The van der Waals surface area contributed by atoms with Gasteiger partial charge in [0, 0.05) is 25.4 Å². The van der Waals surface area contributed by atoms with Crippen LogP contribution in [0.5, 0.6) is 0 Å². The molecular formula is C19H29BrN2O3. The molecule has 0 unspecified atom stereocenters. The van der Waals surface area contributed by atoms with Crippen molar-refractivity contribution in [2.45, 2.75) is 71.1 Å². The molecule has 0 bridgehead atoms. The zero-order chi connectivity index (χ0) is 18.3. The van der Waals surface area contributed by atoms with Gasteiger partial charge >= 0.3 is 6.09 Å². The van der Waals surface area contributed by atoms with Crippen LogP contribution in [-0.2, 0) is 16.1 Å². The normalized spacial score (nSPS) is 18.2. The van der Waals surface area contributed by atoms with E-state index in [-0.39, 0.29) is 12.1 Å². The highest BCUT2D eigenvalue weighted by Crippen LogP contribution is 2.23. The molecule has 1 saturated heterocycles. The van der Waals surface area contributed by atoms with Crippen LogP contribution in [0.4, 0.5) is 4.79 Å². The molecule has 1 amide bonds. The lowest BCUT2D eigenvalue weighted by Crippen LogP contribution is -2.46. The highest BCUT2D eigenvalue weighted by molar-refractivity contribution is 9.10. The van der Waals surface area contributed by atoms with E-state index in [0.29, 0.717) is 13.2 Å². The zero-order valence-corrected chi connectivity index (χ0v) is 17.0. The smallest absolute Gasteiger partial charge is 0.410 e. The molecule has 2 rings (SSSR count). The van der Waals surface area contributed by atoms with Gasteiger partial charge in [-0.05, 0) is 80.4 Å². The lowest BCUT2D eigenvalue weighted by atomic mass is 9.98. The van der Waals surface area contributed by atoms with Crippen molar-refractivity contribution in [2.75, 3.05) is 13.2 Å². The van der Waals surface area contributed by atoms with E-state index in [0.717, 1.165) is 42.4 Å². The Bertz CT molecular complexity index is 543. The second kappa shape index (κ2) is 9.53. The second-order valence-corrected chi connectivity index (χ2v) is 8.32. The highest BCUT2D eigenvalue weighted by atomic mass is 79.9. The van der Waals surface area contributed by atoms with Gasteiger partial charge in [-0.25, -0.2) is 9.78 Å². The molecule has 5 nitrogen and oxygen atoms in total. The Morgan fingerprint density at radius 3 is 2.84 bits per heavy atom. The van der Waals surface area contributed by atoms with Crippen LogP contribution in [-0.4, -0.2) is 40.8 Å². The van der Waals surface area contributed by atoms with E-state index in [4.69, 9.17) is 9.47 Å². The first kappa shape index (κ1) is 20.2. The first-order valence-electron chi connectivity index (χ1n) is 9.03. The number of amides is 1. The van der Waals surface area contributed by atoms with Crippen molar-refractivity contribution in [3.8, 4) is 0 Å². The maximum atomic E-state index is 12.4. The minimum absolute atomic E-state index is 0.181. The number of likely N-dealkylation sites (tertiary alicyclic amines) is 1. The van der Waals surface area contributed by atoms with Gasteiger partial charge in [-0.2, -0.15) is 0 Å². The van der Waals surface area contributed by atoms with Crippen molar-refractivity contribution in [3.63, 3.8) is 0 Å². The van der Waals surface area contributed by atoms with Crippen LogP contribution in [0.25, 0.3) is 0 Å². The van der Waals surface area contributed by atoms with Crippen LogP contribution < -0.4 is 0 Å². The molecule has 6 heteroatoms. The number of carbonyl (C=O) groups excluding carboxylic acids is 1. The summed E-state index contributed by atoms with van der Waals surface area (Å²) in [6.07, 6.45) is 6.81. The standard InChI is InChI=1S/C19H29BrN2O3/c1-19(2,3)25-18(23)22-11-5-4-7-16(22)8-6-12-24-14-15-9-10-17(20)21-13-15/h9-10,13,16H,4-8,11-12,14H2,1-3H3/t16-/m1/s1. The summed E-state index contributed by atoms with van der Waals surface area (Å²) in [5.74, 6) is 0. The molecule has 0 aliphatic carbocycles. The van der Waals surface area contributed by atoms with Crippen molar-refractivity contribution in [2.24, 2.45) is 0 Å². The van der Waals surface area contributed by atoms with Crippen LogP contribution in [0.1, 0.15) is 58.4 Å². The van der Waals surface area contributed by atoms with Crippen molar-refractivity contribution in [3.05, 3.63) is 28.5 Å². The molecule has 1 fully saturated rings. The molecule has 0 aromatic carbocycles. The van der Waals surface area contributed by atoms with E-state index in [1.165, 1.54) is 6.42 Å². The number of hydrogen-bond donors (Lipinski definition) is 0. The first-order valence-corrected chi connectivity index (χ1v) is 9.82. The molecule has 0 N–H and O–H groups in total. The van der Waals surface area contributed by atoms with Crippen LogP contribution in [0, 0.1) is 0 Å². The first-order chi connectivity index (χ1) is 11.8. The van der Waals surface area contributed by atoms with Gasteiger partial charge in [0.05, 0.1) is 6.61 Å². The fourth-order valence-electron chi connectivity index (χ4n) is 2.96. The lowest BCUT2D eigenvalue weighted by Gasteiger charge is -2.36. The van der Waals surface area contributed by atoms with E-state index in [1.807, 2.05) is 44.0 Å². The molecule has 0 saturated carbocycles. The third-order valence-electron chi connectivity index (χ3n) is 4.14. The molecule has 1 aliphatic heterocycles. The third kappa shape index (κ3) is 7.32. The van der Waals surface area contributed by atoms with Crippen molar-refractivity contribution in [1.29, 1.82) is 0 Å². The van der Waals surface area contributed by atoms with E-state index >= 15 is 0 Å². The largest absolute Gasteiger partial charge is 0.444 e. The second-order valence-electron chi connectivity index (χ2n) is 7.51. The van der Waals surface area contributed by atoms with Gasteiger partial charge in [-0.1, -0.05) is 6.07 Å². The summed E-state index contributed by atoms with van der Waals surface area (Å²) in [5, 5.41) is 0. The molecule has 25 heavy (non-hydrogen) atoms. The Kier molecular flexibility index (Phi) is 7.69. The van der Waals surface area contributed by atoms with Gasteiger partial charge in [0.2, 0.25) is 0 Å². The highest BCUT2D eigenvalue weighted by Gasteiger charge is 2.29. The maximum absolute atomic E-state index is 12.4. The number of hydrogen-bond acceptors (Lipinski definition) is 4. The van der Waals surface area contributed by atoms with Gasteiger partial charge in [0.1, 0.15) is 10.2 Å². The maximum Gasteiger partial charge on any atom is 0.410 e. The van der Waals surface area contributed by atoms with Crippen LogP contribution >= 0.6 is 15.9 Å². The summed E-state index contributed by atoms with van der Waals surface area (Å²) < 4.78 is 12.1. The van der Waals surface area contributed by atoms with E-state index < -0.39 is 5.60 Å². The van der Waals surface area contributed by atoms with Crippen molar-refractivity contribution in [1.82, 2.24) is 9.88 Å². The Balaban J connectivity index is 1.72. The minimum Gasteiger partial charge on any atom is -0.444 e. The number of piperidine rings is 1. The van der Waals surface area contributed by atoms with Gasteiger partial charge in [0.15, 0.2) is 0 Å². The van der Waals surface area contributed by atoms with Gasteiger partial charge < -0.3 is 14.4 Å². The average molecular weight is 413 g/mol. The SMILES string of the molecule is CC(C)(C)OC(=O)N1CCCC[C@@H]1CCCOCc1ccc(Br)nc1. The van der Waals surface area contributed by atoms with Gasteiger partial charge in [-0.3, -0.25) is 0 Å². The summed E-state index contributed by atoms with van der Waals surface area (Å²) in [5.41, 5.74) is 0.622. The van der Waals surface area contributed by atoms with Crippen LogP contribution in [0.3, 0.4) is 0 Å². The third-order valence-corrected chi connectivity index (χ3v) is 4.61. The summed E-state index contributed by atoms with van der Waals surface area (Å²) in [6.45, 7) is 7.79. The predicted molar refractivity (Wildman–Crippen MR) is 101 cm³/mol. The summed E-state index contributed by atoms with van der Waals surface area (Å²) in [6, 6.07) is 4.18. The summed E-state index contributed by atoms with van der Waals surface area (Å²) in [7, 11) is 0. The molecule has 0 spiro atoms. The van der Waals surface area contributed by atoms with Gasteiger partial charge in [-0.15, -0.1) is 0 Å². The summed E-state index contributed by atoms with van der Waals surface area (Å²) in [4.78, 5) is 18.5. The van der Waals surface area contributed by atoms with E-state index in [2.05, 4.69) is 20.9 Å². The van der Waals surface area contributed by atoms with Crippen molar-refractivity contribution < 1.29 is 14.3 Å². The van der Waals surface area contributed by atoms with Crippen LogP contribution in [0.15, 0.2) is 22.9 Å². The fraction of sp³-hybridized carbons (Fsp3) is 0.684. The number of halogens is 1. The predicted octanol–water partition coefficient (Wildman–Crippen LogP) is 4.93. The molecule has 1 atom stereocenters. The number of aromatic nitrogens is 1. The lowest BCUT2D eigenvalue weighted by molar-refractivity contribution is 0.00726. The Morgan fingerprint density at radius 1 is 1.36 bits per heavy atom. The van der Waals surface area contributed by atoms with Crippen LogP contribution in [0.2, 0.25) is 0 Å².